The minimum Gasteiger partial charge on any atom is -0.497 e. The highest BCUT2D eigenvalue weighted by molar-refractivity contribution is 9.10. The van der Waals surface area contributed by atoms with Crippen molar-refractivity contribution in [3.05, 3.63) is 53.0 Å². The molecule has 0 aliphatic rings. The zero-order valence-electron chi connectivity index (χ0n) is 14.8. The van der Waals surface area contributed by atoms with Crippen LogP contribution in [0.4, 0.5) is 11.4 Å². The van der Waals surface area contributed by atoms with Gasteiger partial charge in [0.2, 0.25) is 15.9 Å². The number of carbonyl (C=O) groups excluding carboxylic acids is 1. The standard InChI is InChI=1S/C18H21BrN2O4S/c1-4-17(18(22)20-14-10-8-13(19)9-11-14)21(26(3,23)24)15-6-5-7-16(12-15)25-2/h5-12,17H,4H2,1-3H3,(H,20,22)/t17-/m0/s1. The van der Waals surface area contributed by atoms with Gasteiger partial charge >= 0.3 is 0 Å². The van der Waals surface area contributed by atoms with Crippen LogP contribution >= 0.6 is 15.9 Å². The van der Waals surface area contributed by atoms with Crippen LogP contribution in [-0.2, 0) is 14.8 Å². The van der Waals surface area contributed by atoms with E-state index in [4.69, 9.17) is 4.74 Å². The van der Waals surface area contributed by atoms with Gasteiger partial charge < -0.3 is 10.1 Å². The van der Waals surface area contributed by atoms with E-state index in [-0.39, 0.29) is 0 Å². The summed E-state index contributed by atoms with van der Waals surface area (Å²) in [4.78, 5) is 12.8. The third-order valence-corrected chi connectivity index (χ3v) is 5.46. The van der Waals surface area contributed by atoms with Crippen LogP contribution in [0.3, 0.4) is 0 Å². The van der Waals surface area contributed by atoms with Crippen LogP contribution in [0.1, 0.15) is 13.3 Å². The molecule has 2 rings (SSSR count). The van der Waals surface area contributed by atoms with Gasteiger partial charge in [0.15, 0.2) is 0 Å². The second-order valence-corrected chi connectivity index (χ2v) is 8.46. The molecule has 0 unspecified atom stereocenters. The second kappa shape index (κ2) is 8.55. The van der Waals surface area contributed by atoms with Crippen LogP contribution < -0.4 is 14.4 Å². The predicted molar refractivity (Wildman–Crippen MR) is 107 cm³/mol. The van der Waals surface area contributed by atoms with Crippen molar-refractivity contribution >= 4 is 43.2 Å². The molecule has 1 N–H and O–H groups in total. The summed E-state index contributed by atoms with van der Waals surface area (Å²) in [6.07, 6.45) is 1.40. The van der Waals surface area contributed by atoms with Gasteiger partial charge in [-0.15, -0.1) is 0 Å². The third kappa shape index (κ3) is 4.98. The van der Waals surface area contributed by atoms with Crippen LogP contribution in [0, 0.1) is 0 Å². The highest BCUT2D eigenvalue weighted by atomic mass is 79.9. The zero-order chi connectivity index (χ0) is 19.3. The summed E-state index contributed by atoms with van der Waals surface area (Å²) >= 11 is 3.34. The molecule has 1 amide bonds. The van der Waals surface area contributed by atoms with Gasteiger partial charge in [-0.05, 0) is 42.8 Å². The molecule has 2 aromatic rings. The quantitative estimate of drug-likeness (QED) is 0.712. The minimum atomic E-state index is -3.69. The number of methoxy groups -OCH3 is 1. The number of benzene rings is 2. The number of carbonyl (C=O) groups is 1. The maximum atomic E-state index is 12.8. The molecule has 0 saturated heterocycles. The number of amides is 1. The van der Waals surface area contributed by atoms with Crippen molar-refractivity contribution in [2.24, 2.45) is 0 Å². The summed E-state index contributed by atoms with van der Waals surface area (Å²) in [5.74, 6) is 0.113. The topological polar surface area (TPSA) is 75.7 Å². The lowest BCUT2D eigenvalue weighted by atomic mass is 10.1. The molecule has 0 saturated carbocycles. The summed E-state index contributed by atoms with van der Waals surface area (Å²) in [5, 5.41) is 2.77. The third-order valence-electron chi connectivity index (χ3n) is 3.75. The smallest absolute Gasteiger partial charge is 0.248 e. The lowest BCUT2D eigenvalue weighted by Gasteiger charge is -2.30. The minimum absolute atomic E-state index is 0.312. The SMILES string of the molecule is CC[C@@H](C(=O)Nc1ccc(Br)cc1)N(c1cccc(OC)c1)S(C)(=O)=O. The number of halogens is 1. The Morgan fingerprint density at radius 3 is 2.42 bits per heavy atom. The first kappa shape index (κ1) is 20.3. The number of anilines is 2. The van der Waals surface area contributed by atoms with Crippen LogP contribution in [0.5, 0.6) is 5.75 Å². The Kier molecular flexibility index (Phi) is 6.66. The summed E-state index contributed by atoms with van der Waals surface area (Å²) in [6, 6.07) is 12.8. The number of hydrogen-bond acceptors (Lipinski definition) is 4. The molecule has 6 nitrogen and oxygen atoms in total. The Hall–Kier alpha value is -2.06. The Morgan fingerprint density at radius 1 is 1.23 bits per heavy atom. The van der Waals surface area contributed by atoms with Crippen molar-refractivity contribution in [2.75, 3.05) is 23.0 Å². The average molecular weight is 441 g/mol. The van der Waals surface area contributed by atoms with Crippen LogP contribution in [0.2, 0.25) is 0 Å². The zero-order valence-corrected chi connectivity index (χ0v) is 17.2. The fourth-order valence-electron chi connectivity index (χ4n) is 2.57. The molecule has 26 heavy (non-hydrogen) atoms. The number of sulfonamides is 1. The van der Waals surface area contributed by atoms with Gasteiger partial charge in [-0.25, -0.2) is 8.42 Å². The lowest BCUT2D eigenvalue weighted by Crippen LogP contribution is -2.47. The van der Waals surface area contributed by atoms with Gasteiger partial charge in [0, 0.05) is 16.2 Å². The van der Waals surface area contributed by atoms with Crippen LogP contribution in [-0.4, -0.2) is 33.7 Å². The van der Waals surface area contributed by atoms with E-state index in [2.05, 4.69) is 21.2 Å². The fraction of sp³-hybridized carbons (Fsp3) is 0.278. The van der Waals surface area contributed by atoms with Crippen molar-refractivity contribution in [3.8, 4) is 5.75 Å². The molecular weight excluding hydrogens is 420 g/mol. The molecule has 0 heterocycles. The van der Waals surface area contributed by atoms with Gasteiger partial charge in [-0.1, -0.05) is 28.9 Å². The van der Waals surface area contributed by atoms with E-state index in [1.54, 1.807) is 55.5 Å². The van der Waals surface area contributed by atoms with E-state index in [9.17, 15) is 13.2 Å². The van der Waals surface area contributed by atoms with Gasteiger partial charge in [0.1, 0.15) is 11.8 Å². The van der Waals surface area contributed by atoms with E-state index < -0.39 is 22.0 Å². The molecule has 0 spiro atoms. The van der Waals surface area contributed by atoms with Crippen LogP contribution in [0.25, 0.3) is 0 Å². The molecule has 0 fully saturated rings. The molecule has 0 aliphatic carbocycles. The van der Waals surface area contributed by atoms with Gasteiger partial charge in [0.05, 0.1) is 19.1 Å². The Labute approximate surface area is 162 Å². The van der Waals surface area contributed by atoms with Crippen molar-refractivity contribution in [3.63, 3.8) is 0 Å². The highest BCUT2D eigenvalue weighted by Crippen LogP contribution is 2.27. The van der Waals surface area contributed by atoms with Gasteiger partial charge in [-0.3, -0.25) is 9.10 Å². The van der Waals surface area contributed by atoms with E-state index in [0.717, 1.165) is 15.0 Å². The molecular formula is C18H21BrN2O4S. The monoisotopic (exact) mass is 440 g/mol. The normalized spacial score (nSPS) is 12.3. The maximum absolute atomic E-state index is 12.8. The summed E-state index contributed by atoms with van der Waals surface area (Å²) in [6.45, 7) is 1.77. The second-order valence-electron chi connectivity index (χ2n) is 5.68. The summed E-state index contributed by atoms with van der Waals surface area (Å²) < 4.78 is 32.1. The largest absolute Gasteiger partial charge is 0.497 e. The van der Waals surface area contributed by atoms with E-state index in [1.807, 2.05) is 0 Å². The number of rotatable bonds is 7. The van der Waals surface area contributed by atoms with Crippen LogP contribution in [0.15, 0.2) is 53.0 Å². The Morgan fingerprint density at radius 2 is 1.88 bits per heavy atom. The number of hydrogen-bond donors (Lipinski definition) is 1. The van der Waals surface area contributed by atoms with Gasteiger partial charge in [0.25, 0.3) is 0 Å². The first-order chi connectivity index (χ1) is 12.3. The van der Waals surface area contributed by atoms with Crippen molar-refractivity contribution in [1.82, 2.24) is 0 Å². The molecule has 8 heteroatoms. The predicted octanol–water partition coefficient (Wildman–Crippen LogP) is 3.64. The van der Waals surface area contributed by atoms with E-state index in [0.29, 0.717) is 23.5 Å². The number of nitrogens with zero attached hydrogens (tertiary/aromatic N) is 1. The first-order valence-electron chi connectivity index (χ1n) is 7.96. The van der Waals surface area contributed by atoms with Crippen molar-refractivity contribution in [2.45, 2.75) is 19.4 Å². The number of nitrogens with one attached hydrogen (secondary N) is 1. The van der Waals surface area contributed by atoms with E-state index in [1.165, 1.54) is 7.11 Å². The average Bonchev–Trinajstić information content (AvgIpc) is 2.60. The van der Waals surface area contributed by atoms with Gasteiger partial charge in [-0.2, -0.15) is 0 Å². The van der Waals surface area contributed by atoms with Crippen molar-refractivity contribution < 1.29 is 17.9 Å². The molecule has 0 aliphatic heterocycles. The molecule has 2 aromatic carbocycles. The first-order valence-corrected chi connectivity index (χ1v) is 10.6. The number of ether oxygens (including phenoxy) is 1. The molecule has 140 valence electrons. The summed E-state index contributed by atoms with van der Waals surface area (Å²) in [5.41, 5.74) is 0.973. The van der Waals surface area contributed by atoms with Crippen molar-refractivity contribution in [1.29, 1.82) is 0 Å². The molecule has 0 radical (unpaired) electrons. The highest BCUT2D eigenvalue weighted by Gasteiger charge is 2.31. The Bertz CT molecular complexity index is 869. The van der Waals surface area contributed by atoms with E-state index >= 15 is 0 Å². The molecule has 0 bridgehead atoms. The molecule has 0 aromatic heterocycles. The maximum Gasteiger partial charge on any atom is 0.248 e. The fourth-order valence-corrected chi connectivity index (χ4v) is 4.03. The lowest BCUT2D eigenvalue weighted by molar-refractivity contribution is -0.117. The Balaban J connectivity index is 2.37. The molecule has 1 atom stereocenters. The summed E-state index contributed by atoms with van der Waals surface area (Å²) in [7, 11) is -2.19.